The average molecular weight is 450 g/mol. The predicted molar refractivity (Wildman–Crippen MR) is 126 cm³/mol. The van der Waals surface area contributed by atoms with E-state index in [0.29, 0.717) is 36.6 Å². The summed E-state index contributed by atoms with van der Waals surface area (Å²) in [4.78, 5) is 25.9. The Kier molecular flexibility index (Phi) is 6.37. The molecule has 0 spiro atoms. The number of hydrogen-bond acceptors (Lipinski definition) is 7. The highest BCUT2D eigenvalue weighted by atomic mass is 16.5. The lowest BCUT2D eigenvalue weighted by molar-refractivity contribution is -0.131. The maximum absolute atomic E-state index is 12.7. The summed E-state index contributed by atoms with van der Waals surface area (Å²) in [5.74, 6) is 2.59. The second-order valence-corrected chi connectivity index (χ2v) is 8.98. The summed E-state index contributed by atoms with van der Waals surface area (Å²) < 4.78 is 6.95. The van der Waals surface area contributed by atoms with E-state index in [1.165, 1.54) is 32.1 Å². The zero-order valence-corrected chi connectivity index (χ0v) is 19.2. The molecule has 2 aromatic heterocycles. The van der Waals surface area contributed by atoms with Crippen molar-refractivity contribution in [3.63, 3.8) is 0 Å². The van der Waals surface area contributed by atoms with Crippen molar-refractivity contribution in [3.8, 4) is 11.4 Å². The van der Waals surface area contributed by atoms with Gasteiger partial charge in [0.2, 0.25) is 5.91 Å². The van der Waals surface area contributed by atoms with Crippen molar-refractivity contribution in [1.29, 1.82) is 0 Å². The summed E-state index contributed by atoms with van der Waals surface area (Å²) in [6, 6.07) is 7.61. The standard InChI is InChI=1S/C24H31N7O2/c1-33-20-10-8-19(9-11-20)31-24-22(27-28-31)23(25-17-26-24)30-15-13-29(14-16-30)21(32)12-7-18-5-3-2-4-6-18/h8-11,17-18H,2-7,12-16H2,1H3. The van der Waals surface area contributed by atoms with Crippen LogP contribution in [0.1, 0.15) is 44.9 Å². The largest absolute Gasteiger partial charge is 0.497 e. The van der Waals surface area contributed by atoms with Crippen LogP contribution in [0.2, 0.25) is 0 Å². The minimum atomic E-state index is 0.290. The second-order valence-electron chi connectivity index (χ2n) is 8.98. The van der Waals surface area contributed by atoms with Gasteiger partial charge in [-0.25, -0.2) is 9.97 Å². The van der Waals surface area contributed by atoms with Crippen LogP contribution in [-0.2, 0) is 4.79 Å². The molecule has 9 nitrogen and oxygen atoms in total. The number of benzene rings is 1. The minimum absolute atomic E-state index is 0.290. The SMILES string of the molecule is COc1ccc(-n2nnc3c(N4CCN(C(=O)CCC5CCCCC5)CC4)ncnc32)cc1. The number of methoxy groups -OCH3 is 1. The summed E-state index contributed by atoms with van der Waals surface area (Å²) in [6.07, 6.45) is 9.88. The lowest BCUT2D eigenvalue weighted by Gasteiger charge is -2.35. The molecule has 9 heteroatoms. The van der Waals surface area contributed by atoms with Gasteiger partial charge in [0.15, 0.2) is 17.0 Å². The van der Waals surface area contributed by atoms with Crippen LogP contribution in [0.5, 0.6) is 5.75 Å². The van der Waals surface area contributed by atoms with Crippen molar-refractivity contribution in [2.45, 2.75) is 44.9 Å². The predicted octanol–water partition coefficient (Wildman–Crippen LogP) is 3.23. The summed E-state index contributed by atoms with van der Waals surface area (Å²) in [6.45, 7) is 2.89. The average Bonchev–Trinajstić information content (AvgIpc) is 3.32. The summed E-state index contributed by atoms with van der Waals surface area (Å²) in [7, 11) is 1.64. The number of piperazine rings is 1. The highest BCUT2D eigenvalue weighted by Gasteiger charge is 2.25. The first-order chi connectivity index (χ1) is 16.2. The quantitative estimate of drug-likeness (QED) is 0.571. The van der Waals surface area contributed by atoms with Crippen molar-refractivity contribution < 1.29 is 9.53 Å². The van der Waals surface area contributed by atoms with E-state index >= 15 is 0 Å². The third-order valence-corrected chi connectivity index (χ3v) is 6.96. The number of aromatic nitrogens is 5. The second kappa shape index (κ2) is 9.72. The first-order valence-electron chi connectivity index (χ1n) is 12.0. The molecular formula is C24H31N7O2. The molecule has 1 aliphatic carbocycles. The van der Waals surface area contributed by atoms with E-state index in [-0.39, 0.29) is 0 Å². The molecule has 1 amide bonds. The zero-order valence-electron chi connectivity index (χ0n) is 19.2. The summed E-state index contributed by atoms with van der Waals surface area (Å²) in [5.41, 5.74) is 2.19. The van der Waals surface area contributed by atoms with Gasteiger partial charge in [-0.2, -0.15) is 4.68 Å². The van der Waals surface area contributed by atoms with Crippen LogP contribution in [0.3, 0.4) is 0 Å². The Morgan fingerprint density at radius 1 is 1.03 bits per heavy atom. The highest BCUT2D eigenvalue weighted by molar-refractivity contribution is 5.84. The van der Waals surface area contributed by atoms with Gasteiger partial charge in [-0.05, 0) is 36.6 Å². The Hall–Kier alpha value is -3.23. The van der Waals surface area contributed by atoms with E-state index in [9.17, 15) is 4.79 Å². The van der Waals surface area contributed by atoms with Crippen LogP contribution in [0, 0.1) is 5.92 Å². The zero-order chi connectivity index (χ0) is 22.6. The molecule has 0 N–H and O–H groups in total. The maximum Gasteiger partial charge on any atom is 0.222 e. The lowest BCUT2D eigenvalue weighted by atomic mass is 9.86. The number of nitrogens with zero attached hydrogens (tertiary/aromatic N) is 7. The van der Waals surface area contributed by atoms with Gasteiger partial charge in [-0.1, -0.05) is 37.3 Å². The van der Waals surface area contributed by atoms with Gasteiger partial charge >= 0.3 is 0 Å². The minimum Gasteiger partial charge on any atom is -0.497 e. The van der Waals surface area contributed by atoms with Gasteiger partial charge in [-0.3, -0.25) is 4.79 Å². The summed E-state index contributed by atoms with van der Waals surface area (Å²) >= 11 is 0. The molecule has 2 aliphatic rings. The van der Waals surface area contributed by atoms with Crippen LogP contribution < -0.4 is 9.64 Å². The molecule has 0 bridgehead atoms. The Morgan fingerprint density at radius 3 is 2.52 bits per heavy atom. The van der Waals surface area contributed by atoms with E-state index in [2.05, 4.69) is 25.2 Å². The number of ether oxygens (including phenoxy) is 1. The fourth-order valence-corrected chi connectivity index (χ4v) is 4.99. The van der Waals surface area contributed by atoms with Crippen LogP contribution in [0.4, 0.5) is 5.82 Å². The third-order valence-electron chi connectivity index (χ3n) is 6.96. The van der Waals surface area contributed by atoms with Crippen molar-refractivity contribution in [2.75, 3.05) is 38.2 Å². The Labute approximate surface area is 193 Å². The molecule has 0 radical (unpaired) electrons. The van der Waals surface area contributed by atoms with Gasteiger partial charge in [0, 0.05) is 32.6 Å². The van der Waals surface area contributed by atoms with Crippen LogP contribution >= 0.6 is 0 Å². The maximum atomic E-state index is 12.7. The first kappa shape index (κ1) is 21.6. The molecule has 174 valence electrons. The normalized spacial score (nSPS) is 17.5. The molecule has 1 aromatic carbocycles. The molecule has 5 rings (SSSR count). The van der Waals surface area contributed by atoms with Crippen molar-refractivity contribution in [1.82, 2.24) is 29.9 Å². The topological polar surface area (TPSA) is 89.3 Å². The number of amides is 1. The van der Waals surface area contributed by atoms with Crippen molar-refractivity contribution >= 4 is 22.9 Å². The lowest BCUT2D eigenvalue weighted by Crippen LogP contribution is -2.49. The van der Waals surface area contributed by atoms with E-state index < -0.39 is 0 Å². The van der Waals surface area contributed by atoms with E-state index in [0.717, 1.165) is 42.7 Å². The summed E-state index contributed by atoms with van der Waals surface area (Å²) in [5, 5.41) is 8.70. The number of anilines is 1. The van der Waals surface area contributed by atoms with Crippen LogP contribution in [0.25, 0.3) is 16.9 Å². The third kappa shape index (κ3) is 4.62. The van der Waals surface area contributed by atoms with E-state index in [1.54, 1.807) is 18.1 Å². The van der Waals surface area contributed by atoms with E-state index in [4.69, 9.17) is 4.74 Å². The molecule has 0 atom stereocenters. The van der Waals surface area contributed by atoms with Crippen LogP contribution in [-0.4, -0.2) is 69.1 Å². The molecule has 1 aliphatic heterocycles. The number of rotatable bonds is 6. The Morgan fingerprint density at radius 2 is 1.79 bits per heavy atom. The van der Waals surface area contributed by atoms with Gasteiger partial charge in [0.1, 0.15) is 12.1 Å². The molecule has 1 saturated heterocycles. The first-order valence-corrected chi connectivity index (χ1v) is 12.0. The smallest absolute Gasteiger partial charge is 0.222 e. The number of carbonyl (C=O) groups excluding carboxylic acids is 1. The fraction of sp³-hybridized carbons (Fsp3) is 0.542. The van der Waals surface area contributed by atoms with Gasteiger partial charge in [0.25, 0.3) is 0 Å². The van der Waals surface area contributed by atoms with Crippen LogP contribution in [0.15, 0.2) is 30.6 Å². The molecule has 3 heterocycles. The van der Waals surface area contributed by atoms with Crippen molar-refractivity contribution in [3.05, 3.63) is 30.6 Å². The molecule has 0 unspecified atom stereocenters. The number of fused-ring (bicyclic) bond motifs is 1. The highest BCUT2D eigenvalue weighted by Crippen LogP contribution is 2.28. The molecule has 2 fully saturated rings. The fourth-order valence-electron chi connectivity index (χ4n) is 4.99. The van der Waals surface area contributed by atoms with E-state index in [1.807, 2.05) is 29.2 Å². The Balaban J connectivity index is 1.24. The number of hydrogen-bond donors (Lipinski definition) is 0. The molecule has 3 aromatic rings. The van der Waals surface area contributed by atoms with Gasteiger partial charge in [0.05, 0.1) is 12.8 Å². The van der Waals surface area contributed by atoms with Gasteiger partial charge < -0.3 is 14.5 Å². The molecule has 1 saturated carbocycles. The van der Waals surface area contributed by atoms with Crippen molar-refractivity contribution in [2.24, 2.45) is 5.92 Å². The molecule has 33 heavy (non-hydrogen) atoms. The Bertz CT molecular complexity index is 1080. The monoisotopic (exact) mass is 449 g/mol. The number of carbonyl (C=O) groups is 1. The molecular weight excluding hydrogens is 418 g/mol. The van der Waals surface area contributed by atoms with Gasteiger partial charge in [-0.15, -0.1) is 5.10 Å².